The Bertz CT molecular complexity index is 898. The fourth-order valence-corrected chi connectivity index (χ4v) is 3.31. The van der Waals surface area contributed by atoms with E-state index in [4.69, 9.17) is 28.4 Å². The highest BCUT2D eigenvalue weighted by atomic mass is 79.9. The van der Waals surface area contributed by atoms with Crippen molar-refractivity contribution in [1.82, 2.24) is 0 Å². The van der Waals surface area contributed by atoms with E-state index in [-0.39, 0.29) is 5.56 Å². The van der Waals surface area contributed by atoms with Gasteiger partial charge in [0.1, 0.15) is 12.7 Å². The van der Waals surface area contributed by atoms with Crippen molar-refractivity contribution in [1.29, 1.82) is 0 Å². The molecule has 0 unspecified atom stereocenters. The largest absolute Gasteiger partial charge is 0.463 e. The minimum Gasteiger partial charge on any atom is -0.463 e. The number of carbonyl (C=O) groups excluding carboxylic acids is 5. The summed E-state index contributed by atoms with van der Waals surface area (Å²) in [7, 11) is 0. The minimum atomic E-state index is -1.58. The van der Waals surface area contributed by atoms with E-state index in [0.717, 1.165) is 32.2 Å². The first-order valence-electron chi connectivity index (χ1n) is 9.75. The van der Waals surface area contributed by atoms with Crippen LogP contribution < -0.4 is 0 Å². The summed E-state index contributed by atoms with van der Waals surface area (Å²) in [6.07, 6.45) is -7.03. The van der Waals surface area contributed by atoms with Gasteiger partial charge in [-0.2, -0.15) is 0 Å². The van der Waals surface area contributed by atoms with Crippen LogP contribution in [0.3, 0.4) is 0 Å². The quantitative estimate of drug-likeness (QED) is 0.375. The molecule has 0 amide bonds. The molecule has 0 bridgehead atoms. The zero-order chi connectivity index (χ0) is 24.7. The number of halogens is 1. The number of esters is 5. The van der Waals surface area contributed by atoms with Crippen LogP contribution in [0.5, 0.6) is 0 Å². The number of benzene rings is 1. The summed E-state index contributed by atoms with van der Waals surface area (Å²) in [4.78, 5) is 59.3. The molecule has 1 aromatic carbocycles. The maximum Gasteiger partial charge on any atom is 0.340 e. The lowest BCUT2D eigenvalue weighted by Crippen LogP contribution is -2.63. The summed E-state index contributed by atoms with van der Waals surface area (Å²) >= 11 is 3.26. The van der Waals surface area contributed by atoms with Gasteiger partial charge >= 0.3 is 29.8 Å². The molecule has 0 aromatic heterocycles. The van der Waals surface area contributed by atoms with E-state index >= 15 is 0 Å². The molecule has 5 atom stereocenters. The maximum atomic E-state index is 12.7. The Labute approximate surface area is 197 Å². The predicted octanol–water partition coefficient (Wildman–Crippen LogP) is 1.69. The Morgan fingerprint density at radius 3 is 1.79 bits per heavy atom. The number of hydrogen-bond acceptors (Lipinski definition) is 11. The van der Waals surface area contributed by atoms with Gasteiger partial charge in [0.05, 0.1) is 5.56 Å². The average Bonchev–Trinajstić information content (AvgIpc) is 2.70. The first-order valence-corrected chi connectivity index (χ1v) is 10.5. The third-order valence-corrected chi connectivity index (χ3v) is 4.78. The van der Waals surface area contributed by atoms with Crippen molar-refractivity contribution in [2.45, 2.75) is 58.4 Å². The third kappa shape index (κ3) is 7.82. The summed E-state index contributed by atoms with van der Waals surface area (Å²) < 4.78 is 32.6. The van der Waals surface area contributed by atoms with Gasteiger partial charge in [-0.25, -0.2) is 4.79 Å². The third-order valence-electron chi connectivity index (χ3n) is 4.25. The predicted molar refractivity (Wildman–Crippen MR) is 112 cm³/mol. The van der Waals surface area contributed by atoms with Gasteiger partial charge < -0.3 is 28.4 Å². The first-order chi connectivity index (χ1) is 15.5. The van der Waals surface area contributed by atoms with Crippen LogP contribution in [0.1, 0.15) is 38.1 Å². The van der Waals surface area contributed by atoms with Gasteiger partial charge in [-0.3, -0.25) is 19.2 Å². The Kier molecular flexibility index (Phi) is 9.35. The van der Waals surface area contributed by atoms with Crippen LogP contribution in [-0.4, -0.2) is 67.2 Å². The van der Waals surface area contributed by atoms with Crippen molar-refractivity contribution in [3.05, 3.63) is 34.3 Å². The van der Waals surface area contributed by atoms with Crippen molar-refractivity contribution in [3.8, 4) is 0 Å². The maximum absolute atomic E-state index is 12.7. The molecular weight excluding hydrogens is 508 g/mol. The van der Waals surface area contributed by atoms with Gasteiger partial charge in [0.25, 0.3) is 0 Å². The van der Waals surface area contributed by atoms with Crippen molar-refractivity contribution >= 4 is 45.8 Å². The lowest BCUT2D eigenvalue weighted by Gasteiger charge is -2.43. The van der Waals surface area contributed by atoms with Gasteiger partial charge in [-0.05, 0) is 24.3 Å². The molecule has 12 heteroatoms. The van der Waals surface area contributed by atoms with Gasteiger partial charge in [0, 0.05) is 32.2 Å². The van der Waals surface area contributed by atoms with Crippen LogP contribution in [0.25, 0.3) is 0 Å². The summed E-state index contributed by atoms with van der Waals surface area (Å²) in [5.41, 5.74) is 0.158. The second-order valence-corrected chi connectivity index (χ2v) is 7.90. The van der Waals surface area contributed by atoms with Crippen LogP contribution in [0.15, 0.2) is 28.7 Å². The molecule has 2 rings (SSSR count). The highest BCUT2D eigenvalue weighted by molar-refractivity contribution is 9.10. The SMILES string of the molecule is CC(=O)OC[C@H]1O[C@@H](OC(=O)c2ccc(Br)cc2)[C@H](OC(C)=O)[C@@H](OC(C)=O)[C@H]1OC(C)=O. The van der Waals surface area contributed by atoms with Crippen LogP contribution in [-0.2, 0) is 47.6 Å². The molecule has 1 aromatic rings. The van der Waals surface area contributed by atoms with Gasteiger partial charge in [-0.15, -0.1) is 0 Å². The van der Waals surface area contributed by atoms with Crippen LogP contribution in [0.4, 0.5) is 0 Å². The van der Waals surface area contributed by atoms with E-state index in [1.807, 2.05) is 0 Å². The zero-order valence-electron chi connectivity index (χ0n) is 18.3. The molecule has 1 heterocycles. The van der Waals surface area contributed by atoms with Crippen molar-refractivity contribution in [2.24, 2.45) is 0 Å². The van der Waals surface area contributed by atoms with E-state index < -0.39 is 67.2 Å². The first kappa shape index (κ1) is 26.3. The molecule has 0 aliphatic carbocycles. The van der Waals surface area contributed by atoms with E-state index in [2.05, 4.69) is 15.9 Å². The molecule has 1 fully saturated rings. The van der Waals surface area contributed by atoms with E-state index in [1.54, 1.807) is 12.1 Å². The number of ether oxygens (including phenoxy) is 6. The number of carbonyl (C=O) groups is 5. The Morgan fingerprint density at radius 1 is 0.758 bits per heavy atom. The second-order valence-electron chi connectivity index (χ2n) is 6.98. The summed E-state index contributed by atoms with van der Waals surface area (Å²) in [6.45, 7) is 4.01. The molecule has 33 heavy (non-hydrogen) atoms. The summed E-state index contributed by atoms with van der Waals surface area (Å²) in [5.74, 6) is -3.84. The minimum absolute atomic E-state index is 0.158. The average molecular weight is 531 g/mol. The topological polar surface area (TPSA) is 141 Å². The van der Waals surface area contributed by atoms with Crippen molar-refractivity contribution in [3.63, 3.8) is 0 Å². The molecule has 1 aliphatic heterocycles. The van der Waals surface area contributed by atoms with Gasteiger partial charge in [-0.1, -0.05) is 15.9 Å². The molecular formula is C21H23BrO11. The Hall–Kier alpha value is -2.99. The standard InChI is InChI=1S/C21H23BrO11/c1-10(23)28-9-16-17(29-11(2)24)18(30-12(3)25)19(31-13(4)26)21(32-16)33-20(27)14-5-7-15(22)8-6-14/h5-8,16-19,21H,9H2,1-4H3/t16-,17+,18+,19-,21+/m1/s1. The molecule has 1 saturated heterocycles. The van der Waals surface area contributed by atoms with Crippen molar-refractivity contribution < 1.29 is 52.4 Å². The zero-order valence-corrected chi connectivity index (χ0v) is 19.9. The second kappa shape index (κ2) is 11.8. The Morgan fingerprint density at radius 2 is 1.27 bits per heavy atom. The summed E-state index contributed by atoms with van der Waals surface area (Å²) in [6, 6.07) is 6.20. The molecule has 11 nitrogen and oxygen atoms in total. The van der Waals surface area contributed by atoms with Crippen LogP contribution >= 0.6 is 15.9 Å². The van der Waals surface area contributed by atoms with Crippen molar-refractivity contribution in [2.75, 3.05) is 6.61 Å². The summed E-state index contributed by atoms with van der Waals surface area (Å²) in [5, 5.41) is 0. The number of rotatable bonds is 7. The smallest absolute Gasteiger partial charge is 0.340 e. The molecule has 0 N–H and O–H groups in total. The fourth-order valence-electron chi connectivity index (χ4n) is 3.04. The van der Waals surface area contributed by atoms with E-state index in [1.165, 1.54) is 12.1 Å². The highest BCUT2D eigenvalue weighted by Crippen LogP contribution is 2.30. The molecule has 1 aliphatic rings. The van der Waals surface area contributed by atoms with Gasteiger partial charge in [0.2, 0.25) is 12.4 Å². The van der Waals surface area contributed by atoms with E-state index in [9.17, 15) is 24.0 Å². The molecule has 0 saturated carbocycles. The Balaban J connectivity index is 2.42. The molecule has 0 spiro atoms. The fraction of sp³-hybridized carbons (Fsp3) is 0.476. The monoisotopic (exact) mass is 530 g/mol. The van der Waals surface area contributed by atoms with Crippen LogP contribution in [0, 0.1) is 0 Å². The molecule has 0 radical (unpaired) electrons. The lowest BCUT2D eigenvalue weighted by atomic mass is 9.98. The number of hydrogen-bond donors (Lipinski definition) is 0. The normalized spacial score (nSPS) is 24.2. The van der Waals surface area contributed by atoms with Crippen LogP contribution in [0.2, 0.25) is 0 Å². The van der Waals surface area contributed by atoms with E-state index in [0.29, 0.717) is 0 Å². The lowest BCUT2D eigenvalue weighted by molar-refractivity contribution is -0.294. The van der Waals surface area contributed by atoms with Gasteiger partial charge in [0.15, 0.2) is 12.2 Å². The highest BCUT2D eigenvalue weighted by Gasteiger charge is 2.53. The molecule has 180 valence electrons.